The third kappa shape index (κ3) is 6.08. The van der Waals surface area contributed by atoms with Crippen LogP contribution in [0.5, 0.6) is 5.75 Å². The minimum Gasteiger partial charge on any atom is -0.491 e. The molecule has 1 amide bonds. The fourth-order valence-corrected chi connectivity index (χ4v) is 7.38. The molecule has 7 nitrogen and oxygen atoms in total. The van der Waals surface area contributed by atoms with E-state index in [9.17, 15) is 13.2 Å². The Bertz CT molecular complexity index is 929. The molecule has 0 unspecified atom stereocenters. The van der Waals surface area contributed by atoms with E-state index in [0.717, 1.165) is 11.3 Å². The molecule has 2 aliphatic heterocycles. The van der Waals surface area contributed by atoms with Gasteiger partial charge in [0.15, 0.2) is 9.84 Å². The van der Waals surface area contributed by atoms with Crippen LogP contribution >= 0.6 is 0 Å². The van der Waals surface area contributed by atoms with Gasteiger partial charge in [0.1, 0.15) is 12.4 Å². The number of nitrogens with zero attached hydrogens (tertiary/aromatic N) is 2. The van der Waals surface area contributed by atoms with Crippen LogP contribution in [0.2, 0.25) is 0 Å². The van der Waals surface area contributed by atoms with Gasteiger partial charge in [-0.05, 0) is 49.9 Å². The van der Waals surface area contributed by atoms with Crippen molar-refractivity contribution in [1.29, 1.82) is 0 Å². The molecule has 0 spiro atoms. The number of hydrogen-bond donors (Lipinski definition) is 0. The molecule has 0 radical (unpaired) electrons. The van der Waals surface area contributed by atoms with Crippen molar-refractivity contribution in [3.05, 3.63) is 29.3 Å². The zero-order valence-electron chi connectivity index (χ0n) is 20.0. The molecule has 1 saturated heterocycles. The first-order chi connectivity index (χ1) is 15.9. The highest BCUT2D eigenvalue weighted by Gasteiger charge is 2.31. The summed E-state index contributed by atoms with van der Waals surface area (Å²) in [5.74, 6) is 1.93. The lowest BCUT2D eigenvalue weighted by atomic mass is 9.82. The fraction of sp³-hybridized carbons (Fsp3) is 0.720. The summed E-state index contributed by atoms with van der Waals surface area (Å²) in [6, 6.07) is 6.33. The van der Waals surface area contributed by atoms with Crippen LogP contribution < -0.4 is 4.74 Å². The first-order valence-electron chi connectivity index (χ1n) is 12.3. The van der Waals surface area contributed by atoms with Crippen LogP contribution in [0.3, 0.4) is 0 Å². The average Bonchev–Trinajstić information content (AvgIpc) is 3.05. The Morgan fingerprint density at radius 2 is 2.03 bits per heavy atom. The van der Waals surface area contributed by atoms with Crippen molar-refractivity contribution in [3.8, 4) is 5.75 Å². The minimum absolute atomic E-state index is 0.0179. The molecule has 0 aromatic heterocycles. The van der Waals surface area contributed by atoms with Crippen LogP contribution in [0.25, 0.3) is 0 Å². The molecular formula is C25H38N2O5S. The largest absolute Gasteiger partial charge is 0.491 e. The van der Waals surface area contributed by atoms with Crippen molar-refractivity contribution in [1.82, 2.24) is 9.80 Å². The van der Waals surface area contributed by atoms with E-state index in [0.29, 0.717) is 45.0 Å². The van der Waals surface area contributed by atoms with E-state index in [-0.39, 0.29) is 29.6 Å². The van der Waals surface area contributed by atoms with Crippen molar-refractivity contribution in [2.75, 3.05) is 45.4 Å². The predicted molar refractivity (Wildman–Crippen MR) is 128 cm³/mol. The molecule has 1 aromatic rings. The van der Waals surface area contributed by atoms with Gasteiger partial charge in [-0.2, -0.15) is 0 Å². The molecule has 2 atom stereocenters. The SMILES string of the molecule is CO[C@@H](c1ccc2c(c1)CN(C(=O)CCN(C)[C@H]1CCS(=O)(=O)C1)CCO2)C1CCCCC1. The molecule has 0 N–H and O–H groups in total. The summed E-state index contributed by atoms with van der Waals surface area (Å²) < 4.78 is 35.4. The molecule has 2 fully saturated rings. The van der Waals surface area contributed by atoms with Crippen LogP contribution in [0.1, 0.15) is 62.2 Å². The molecule has 1 aliphatic carbocycles. The Balaban J connectivity index is 1.39. The van der Waals surface area contributed by atoms with Crippen LogP contribution in [0.4, 0.5) is 0 Å². The molecule has 2 heterocycles. The number of hydrogen-bond acceptors (Lipinski definition) is 6. The second-order valence-electron chi connectivity index (χ2n) is 9.87. The molecule has 1 saturated carbocycles. The summed E-state index contributed by atoms with van der Waals surface area (Å²) in [5, 5.41) is 0. The van der Waals surface area contributed by atoms with E-state index in [1.54, 1.807) is 7.11 Å². The summed E-state index contributed by atoms with van der Waals surface area (Å²) in [6.45, 7) is 2.13. The average molecular weight is 479 g/mol. The van der Waals surface area contributed by atoms with E-state index in [2.05, 4.69) is 12.1 Å². The lowest BCUT2D eigenvalue weighted by molar-refractivity contribution is -0.132. The maximum absolute atomic E-state index is 13.0. The van der Waals surface area contributed by atoms with Gasteiger partial charge < -0.3 is 19.3 Å². The van der Waals surface area contributed by atoms with Crippen molar-refractivity contribution in [2.45, 2.75) is 63.6 Å². The Labute approximate surface area is 198 Å². The highest BCUT2D eigenvalue weighted by atomic mass is 32.2. The van der Waals surface area contributed by atoms with Gasteiger partial charge in [-0.1, -0.05) is 25.3 Å². The molecule has 1 aromatic carbocycles. The summed E-state index contributed by atoms with van der Waals surface area (Å²) in [7, 11) is 0.790. The summed E-state index contributed by atoms with van der Waals surface area (Å²) >= 11 is 0. The number of benzene rings is 1. The standard InChI is InChI=1S/C25H38N2O5S/c1-26(22-11-15-33(29,30)18-22)12-10-24(28)27-13-14-32-23-9-8-20(16-21(23)17-27)25(31-2)19-6-4-3-5-7-19/h8-9,16,19,22,25H,3-7,10-15,17-18H2,1-2H3/t22-,25+/m0/s1. The number of methoxy groups -OCH3 is 1. The smallest absolute Gasteiger partial charge is 0.224 e. The molecule has 3 aliphatic rings. The topological polar surface area (TPSA) is 76.2 Å². The van der Waals surface area contributed by atoms with Crippen LogP contribution in [-0.4, -0.2) is 75.5 Å². The Hall–Kier alpha value is -1.64. The van der Waals surface area contributed by atoms with Crippen LogP contribution in [0.15, 0.2) is 18.2 Å². The number of carbonyl (C=O) groups excluding carboxylic acids is 1. The van der Waals surface area contributed by atoms with Gasteiger partial charge in [0.05, 0.1) is 24.2 Å². The fourth-order valence-electron chi connectivity index (χ4n) is 5.58. The molecular weight excluding hydrogens is 440 g/mol. The number of carbonyl (C=O) groups is 1. The van der Waals surface area contributed by atoms with E-state index >= 15 is 0 Å². The maximum atomic E-state index is 13.0. The zero-order valence-corrected chi connectivity index (χ0v) is 20.8. The number of rotatable bonds is 7. The van der Waals surface area contributed by atoms with E-state index in [1.807, 2.05) is 22.9 Å². The highest BCUT2D eigenvalue weighted by molar-refractivity contribution is 7.91. The van der Waals surface area contributed by atoms with Gasteiger partial charge >= 0.3 is 0 Å². The van der Waals surface area contributed by atoms with Gasteiger partial charge in [0.2, 0.25) is 5.91 Å². The van der Waals surface area contributed by atoms with E-state index in [1.165, 1.54) is 37.7 Å². The molecule has 33 heavy (non-hydrogen) atoms. The number of amides is 1. The van der Waals surface area contributed by atoms with Gasteiger partial charge in [-0.15, -0.1) is 0 Å². The monoisotopic (exact) mass is 478 g/mol. The summed E-state index contributed by atoms with van der Waals surface area (Å²) in [6.07, 6.45) is 7.36. The van der Waals surface area contributed by atoms with Gasteiger partial charge in [-0.3, -0.25) is 4.79 Å². The zero-order chi connectivity index (χ0) is 23.4. The van der Waals surface area contributed by atoms with Crippen molar-refractivity contribution < 1.29 is 22.7 Å². The summed E-state index contributed by atoms with van der Waals surface area (Å²) in [4.78, 5) is 16.9. The quantitative estimate of drug-likeness (QED) is 0.599. The first-order valence-corrected chi connectivity index (χ1v) is 14.2. The third-order valence-electron chi connectivity index (χ3n) is 7.59. The number of sulfone groups is 1. The molecule has 4 rings (SSSR count). The Kier molecular flexibility index (Phi) is 7.97. The highest BCUT2D eigenvalue weighted by Crippen LogP contribution is 2.38. The normalized spacial score (nSPS) is 24.2. The summed E-state index contributed by atoms with van der Waals surface area (Å²) in [5.41, 5.74) is 2.20. The molecule has 8 heteroatoms. The Morgan fingerprint density at radius 1 is 1.24 bits per heavy atom. The van der Waals surface area contributed by atoms with Gasteiger partial charge in [0, 0.05) is 38.2 Å². The van der Waals surface area contributed by atoms with Crippen LogP contribution in [-0.2, 0) is 25.9 Å². The molecule has 184 valence electrons. The second kappa shape index (κ2) is 10.7. The Morgan fingerprint density at radius 3 is 2.73 bits per heavy atom. The lowest BCUT2D eigenvalue weighted by Gasteiger charge is -2.30. The maximum Gasteiger partial charge on any atom is 0.224 e. The predicted octanol–water partition coefficient (Wildman–Crippen LogP) is 3.18. The minimum atomic E-state index is -2.92. The van der Waals surface area contributed by atoms with Crippen molar-refractivity contribution >= 4 is 15.7 Å². The molecule has 0 bridgehead atoms. The van der Waals surface area contributed by atoms with Gasteiger partial charge in [-0.25, -0.2) is 8.42 Å². The van der Waals surface area contributed by atoms with Crippen LogP contribution in [0, 0.1) is 5.92 Å². The lowest BCUT2D eigenvalue weighted by Crippen LogP contribution is -2.38. The number of fused-ring (bicyclic) bond motifs is 1. The first kappa shape index (κ1) is 24.5. The van der Waals surface area contributed by atoms with Crippen molar-refractivity contribution in [3.63, 3.8) is 0 Å². The van der Waals surface area contributed by atoms with E-state index < -0.39 is 9.84 Å². The van der Waals surface area contributed by atoms with Gasteiger partial charge in [0.25, 0.3) is 0 Å². The van der Waals surface area contributed by atoms with Crippen molar-refractivity contribution in [2.24, 2.45) is 5.92 Å². The third-order valence-corrected chi connectivity index (χ3v) is 9.34. The second-order valence-corrected chi connectivity index (χ2v) is 12.1. The number of ether oxygens (including phenoxy) is 2. The van der Waals surface area contributed by atoms with E-state index in [4.69, 9.17) is 9.47 Å².